The van der Waals surface area contributed by atoms with Crippen LogP contribution in [0, 0.1) is 6.92 Å². The number of nitrogens with one attached hydrogen (secondary N) is 1. The number of benzene rings is 1. The van der Waals surface area contributed by atoms with Gasteiger partial charge in [0.05, 0.1) is 0 Å². The predicted molar refractivity (Wildman–Crippen MR) is 74.2 cm³/mol. The van der Waals surface area contributed by atoms with E-state index in [1.165, 1.54) is 0 Å². The second-order valence-electron chi connectivity index (χ2n) is 4.13. The molecule has 0 radical (unpaired) electrons. The third-order valence-electron chi connectivity index (χ3n) is 2.68. The molecule has 1 rings (SSSR count). The zero-order valence-electron chi connectivity index (χ0n) is 10.8. The summed E-state index contributed by atoms with van der Waals surface area (Å²) in [5, 5.41) is 21.5. The molecule has 0 unspecified atom stereocenters. The first-order valence-corrected chi connectivity index (χ1v) is 5.48. The third-order valence-corrected chi connectivity index (χ3v) is 2.68. The van der Waals surface area contributed by atoms with Crippen molar-refractivity contribution in [2.24, 2.45) is 0 Å². The SMILES string of the molecule is C=CC(=O)Nc1ccc(N(C)C)c(B(O)O)c1C. The molecule has 1 aromatic rings. The molecule has 0 saturated heterocycles. The van der Waals surface area contributed by atoms with Gasteiger partial charge in [0.1, 0.15) is 0 Å². The Balaban J connectivity index is 3.30. The summed E-state index contributed by atoms with van der Waals surface area (Å²) in [7, 11) is 2.02. The lowest BCUT2D eigenvalue weighted by Crippen LogP contribution is -2.37. The van der Waals surface area contributed by atoms with Gasteiger partial charge in [-0.2, -0.15) is 0 Å². The molecule has 5 nitrogen and oxygen atoms in total. The van der Waals surface area contributed by atoms with Gasteiger partial charge in [-0.1, -0.05) is 6.58 Å². The number of hydrogen-bond acceptors (Lipinski definition) is 4. The second kappa shape index (κ2) is 5.70. The summed E-state index contributed by atoms with van der Waals surface area (Å²) >= 11 is 0. The molecule has 0 aliphatic heterocycles. The van der Waals surface area contributed by atoms with Gasteiger partial charge >= 0.3 is 7.12 Å². The first-order valence-electron chi connectivity index (χ1n) is 5.48. The van der Waals surface area contributed by atoms with E-state index in [4.69, 9.17) is 0 Å². The van der Waals surface area contributed by atoms with Crippen molar-refractivity contribution in [3.05, 3.63) is 30.4 Å². The number of nitrogens with zero attached hydrogens (tertiary/aromatic N) is 1. The molecule has 18 heavy (non-hydrogen) atoms. The van der Waals surface area contributed by atoms with Crippen LogP contribution in [-0.2, 0) is 4.79 Å². The van der Waals surface area contributed by atoms with Crippen LogP contribution in [0.15, 0.2) is 24.8 Å². The number of hydrogen-bond donors (Lipinski definition) is 3. The zero-order chi connectivity index (χ0) is 13.9. The average molecular weight is 248 g/mol. The van der Waals surface area contributed by atoms with Crippen LogP contribution in [-0.4, -0.2) is 37.2 Å². The van der Waals surface area contributed by atoms with Crippen LogP contribution in [0.1, 0.15) is 5.56 Å². The highest BCUT2D eigenvalue weighted by atomic mass is 16.4. The van der Waals surface area contributed by atoms with Crippen molar-refractivity contribution < 1.29 is 14.8 Å². The standard InChI is InChI=1S/C12H17BN2O3/c1-5-11(16)14-9-6-7-10(15(3)4)12(8(9)2)13(17)18/h5-7,17-18H,1H2,2-4H3,(H,14,16). The molecular formula is C12H17BN2O3. The Kier molecular flexibility index (Phi) is 4.52. The van der Waals surface area contributed by atoms with E-state index in [1.54, 1.807) is 24.0 Å². The Bertz CT molecular complexity index is 473. The lowest BCUT2D eigenvalue weighted by molar-refractivity contribution is -0.111. The molecule has 0 atom stereocenters. The number of carbonyl (C=O) groups excluding carboxylic acids is 1. The van der Waals surface area contributed by atoms with E-state index in [0.29, 0.717) is 22.4 Å². The van der Waals surface area contributed by atoms with Gasteiger partial charge in [-0.3, -0.25) is 4.79 Å². The fraction of sp³-hybridized carbons (Fsp3) is 0.250. The minimum absolute atomic E-state index is 0.339. The molecule has 0 aliphatic rings. The van der Waals surface area contributed by atoms with Gasteiger partial charge < -0.3 is 20.3 Å². The maximum Gasteiger partial charge on any atom is 0.490 e. The summed E-state index contributed by atoms with van der Waals surface area (Å²) in [4.78, 5) is 13.0. The highest BCUT2D eigenvalue weighted by Gasteiger charge is 2.22. The van der Waals surface area contributed by atoms with Crippen molar-refractivity contribution >= 4 is 29.9 Å². The van der Waals surface area contributed by atoms with Crippen LogP contribution < -0.4 is 15.7 Å². The van der Waals surface area contributed by atoms with Crippen molar-refractivity contribution in [2.75, 3.05) is 24.3 Å². The van der Waals surface area contributed by atoms with Crippen molar-refractivity contribution in [1.29, 1.82) is 0 Å². The van der Waals surface area contributed by atoms with Gasteiger partial charge in [0, 0.05) is 30.9 Å². The number of rotatable bonds is 4. The van der Waals surface area contributed by atoms with Gasteiger partial charge in [0.2, 0.25) is 5.91 Å². The Labute approximate surface area is 107 Å². The minimum atomic E-state index is -1.59. The Morgan fingerprint density at radius 2 is 2.06 bits per heavy atom. The fourth-order valence-electron chi connectivity index (χ4n) is 1.75. The van der Waals surface area contributed by atoms with Crippen molar-refractivity contribution in [3.8, 4) is 0 Å². The maximum absolute atomic E-state index is 11.3. The molecule has 1 amide bonds. The Morgan fingerprint density at radius 1 is 1.44 bits per heavy atom. The summed E-state index contributed by atoms with van der Waals surface area (Å²) in [5.74, 6) is -0.339. The molecule has 96 valence electrons. The molecule has 0 spiro atoms. The number of anilines is 2. The number of carbonyl (C=O) groups is 1. The van der Waals surface area contributed by atoms with Gasteiger partial charge in [-0.25, -0.2) is 0 Å². The van der Waals surface area contributed by atoms with Crippen molar-refractivity contribution in [3.63, 3.8) is 0 Å². The van der Waals surface area contributed by atoms with Gasteiger partial charge in [0.25, 0.3) is 0 Å². The first-order chi connectivity index (χ1) is 8.38. The summed E-state index contributed by atoms with van der Waals surface area (Å²) < 4.78 is 0. The zero-order valence-corrected chi connectivity index (χ0v) is 10.8. The second-order valence-corrected chi connectivity index (χ2v) is 4.13. The molecule has 0 heterocycles. The highest BCUT2D eigenvalue weighted by molar-refractivity contribution is 6.61. The first kappa shape index (κ1) is 14.3. The van der Waals surface area contributed by atoms with E-state index in [2.05, 4.69) is 11.9 Å². The van der Waals surface area contributed by atoms with Gasteiger partial charge in [-0.15, -0.1) is 0 Å². The van der Waals surface area contributed by atoms with E-state index < -0.39 is 7.12 Å². The molecule has 1 aromatic carbocycles. The smallest absolute Gasteiger partial charge is 0.423 e. The summed E-state index contributed by atoms with van der Waals surface area (Å²) in [6.07, 6.45) is 1.16. The van der Waals surface area contributed by atoms with E-state index >= 15 is 0 Å². The topological polar surface area (TPSA) is 72.8 Å². The predicted octanol–water partition coefficient (Wildman–Crippen LogP) is -0.135. The van der Waals surface area contributed by atoms with Gasteiger partial charge in [-0.05, 0) is 30.7 Å². The highest BCUT2D eigenvalue weighted by Crippen LogP contribution is 2.19. The normalized spacial score (nSPS) is 9.83. The van der Waals surface area contributed by atoms with Crippen LogP contribution in [0.2, 0.25) is 0 Å². The van der Waals surface area contributed by atoms with Gasteiger partial charge in [0.15, 0.2) is 0 Å². The lowest BCUT2D eigenvalue weighted by atomic mass is 9.75. The van der Waals surface area contributed by atoms with E-state index in [9.17, 15) is 14.8 Å². The minimum Gasteiger partial charge on any atom is -0.423 e. The molecule has 0 bridgehead atoms. The largest absolute Gasteiger partial charge is 0.490 e. The van der Waals surface area contributed by atoms with Crippen LogP contribution >= 0.6 is 0 Å². The number of amides is 1. The molecule has 6 heteroatoms. The van der Waals surface area contributed by atoms with Crippen molar-refractivity contribution in [2.45, 2.75) is 6.92 Å². The van der Waals surface area contributed by atoms with E-state index in [0.717, 1.165) is 6.08 Å². The van der Waals surface area contributed by atoms with Crippen molar-refractivity contribution in [1.82, 2.24) is 0 Å². The van der Waals surface area contributed by atoms with E-state index in [-0.39, 0.29) is 5.91 Å². The Morgan fingerprint density at radius 3 is 2.50 bits per heavy atom. The van der Waals surface area contributed by atoms with Crippen LogP contribution in [0.4, 0.5) is 11.4 Å². The molecule has 0 aromatic heterocycles. The monoisotopic (exact) mass is 248 g/mol. The fourth-order valence-corrected chi connectivity index (χ4v) is 1.75. The molecule has 0 saturated carbocycles. The summed E-state index contributed by atoms with van der Waals surface area (Å²) in [6, 6.07) is 3.44. The molecule has 0 fully saturated rings. The molecular weight excluding hydrogens is 231 g/mol. The summed E-state index contributed by atoms with van der Waals surface area (Å²) in [6.45, 7) is 5.09. The summed E-state index contributed by atoms with van der Waals surface area (Å²) in [5.41, 5.74) is 2.22. The van der Waals surface area contributed by atoms with Crippen LogP contribution in [0.3, 0.4) is 0 Å². The molecule has 3 N–H and O–H groups in total. The average Bonchev–Trinajstić information content (AvgIpc) is 2.30. The van der Waals surface area contributed by atoms with E-state index in [1.807, 2.05) is 14.1 Å². The lowest BCUT2D eigenvalue weighted by Gasteiger charge is -2.21. The Hall–Kier alpha value is -1.79. The third kappa shape index (κ3) is 2.91. The quantitative estimate of drug-likeness (QED) is 0.512. The molecule has 0 aliphatic carbocycles. The maximum atomic E-state index is 11.3. The van der Waals surface area contributed by atoms with Crippen LogP contribution in [0.25, 0.3) is 0 Å². The van der Waals surface area contributed by atoms with Crippen LogP contribution in [0.5, 0.6) is 0 Å².